The second kappa shape index (κ2) is 13.0. The van der Waals surface area contributed by atoms with Gasteiger partial charge in [-0.1, -0.05) is 24.5 Å². The molecule has 0 bridgehead atoms. The van der Waals surface area contributed by atoms with Crippen LogP contribution in [0.4, 0.5) is 13.2 Å². The number of nitrogens with zero attached hydrogens (tertiary/aromatic N) is 4. The number of fused-ring (bicyclic) bond motifs is 2. The third-order valence-electron chi connectivity index (χ3n) is 7.93. The third-order valence-corrected chi connectivity index (χ3v) is 7.93. The van der Waals surface area contributed by atoms with Gasteiger partial charge in [-0.2, -0.15) is 0 Å². The Bertz CT molecular complexity index is 1350. The van der Waals surface area contributed by atoms with Crippen LogP contribution in [0.15, 0.2) is 29.4 Å². The highest BCUT2D eigenvalue weighted by Crippen LogP contribution is 2.46. The Kier molecular flexibility index (Phi) is 9.59. The van der Waals surface area contributed by atoms with Crippen LogP contribution in [-0.2, 0) is 27.0 Å². The lowest BCUT2D eigenvalue weighted by Crippen LogP contribution is -2.53. The van der Waals surface area contributed by atoms with Crippen LogP contribution in [0.3, 0.4) is 0 Å². The van der Waals surface area contributed by atoms with E-state index in [4.69, 9.17) is 10.5 Å². The molecule has 230 valence electrons. The van der Waals surface area contributed by atoms with Crippen molar-refractivity contribution in [2.24, 2.45) is 16.6 Å². The number of aliphatic imine (C=N–C) groups is 1. The second-order valence-corrected chi connectivity index (χ2v) is 10.9. The number of carbonyl (C=O) groups is 2. The van der Waals surface area contributed by atoms with Crippen molar-refractivity contribution in [1.82, 2.24) is 20.2 Å². The number of halogens is 3. The summed E-state index contributed by atoms with van der Waals surface area (Å²) in [5, 5.41) is 13.3. The van der Waals surface area contributed by atoms with Gasteiger partial charge >= 0.3 is 12.3 Å². The molecule has 4 rings (SSSR count). The number of hydrogen-bond donors (Lipinski definition) is 3. The molecule has 2 heterocycles. The number of nitrogens with two attached hydrogens (primary N) is 1. The lowest BCUT2D eigenvalue weighted by atomic mass is 9.72. The van der Waals surface area contributed by atoms with Crippen LogP contribution in [0.5, 0.6) is 0 Å². The van der Waals surface area contributed by atoms with Gasteiger partial charge in [0, 0.05) is 43.1 Å². The summed E-state index contributed by atoms with van der Waals surface area (Å²) in [6.45, 7) is 2.39. The number of ether oxygens (including phenoxy) is 1. The molecule has 4 atom stereocenters. The number of likely N-dealkylation sites (tertiary alicyclic amines) is 1. The average Bonchev–Trinajstić information content (AvgIpc) is 3.30. The molecule has 2 aromatic rings. The number of carbonyl (C=O) groups excluding carboxylic acids is 2. The average molecular weight is 596 g/mol. The van der Waals surface area contributed by atoms with Crippen LogP contribution in [0.1, 0.15) is 56.1 Å². The third kappa shape index (κ3) is 7.12. The largest absolute Gasteiger partial charge is 0.488 e. The summed E-state index contributed by atoms with van der Waals surface area (Å²) in [6.07, 6.45) is -0.779. The van der Waals surface area contributed by atoms with E-state index in [-0.39, 0.29) is 54.9 Å². The SMILES string of the molecule is CCCC(=O)OCC(CCCN=C(N)N[N+](=O)[O-])NC(=O)[C@@H]1C[C@@H]2c3cccc4c3c(cn4C(F)(F)F)C[C@H]2N(C)C1. The molecule has 12 nitrogen and oxygen atoms in total. The van der Waals surface area contributed by atoms with Crippen molar-refractivity contribution in [3.63, 3.8) is 0 Å². The Morgan fingerprint density at radius 3 is 2.79 bits per heavy atom. The lowest BCUT2D eigenvalue weighted by molar-refractivity contribution is -0.525. The zero-order valence-corrected chi connectivity index (χ0v) is 23.5. The van der Waals surface area contributed by atoms with E-state index in [1.54, 1.807) is 11.5 Å². The lowest BCUT2D eigenvalue weighted by Gasteiger charge is -2.45. The molecule has 1 unspecified atom stereocenters. The van der Waals surface area contributed by atoms with Crippen molar-refractivity contribution in [2.45, 2.75) is 69.8 Å². The second-order valence-electron chi connectivity index (χ2n) is 10.9. The molecule has 1 aromatic heterocycles. The minimum absolute atomic E-state index is 0.0425. The highest BCUT2D eigenvalue weighted by atomic mass is 19.4. The molecule has 0 radical (unpaired) electrons. The van der Waals surface area contributed by atoms with Gasteiger partial charge in [0.2, 0.25) is 5.91 Å². The molecule has 1 aliphatic heterocycles. The fraction of sp³-hybridized carbons (Fsp3) is 0.593. The molecule has 0 saturated carbocycles. The van der Waals surface area contributed by atoms with E-state index < -0.39 is 23.3 Å². The molecule has 42 heavy (non-hydrogen) atoms. The van der Waals surface area contributed by atoms with Gasteiger partial charge in [-0.15, -0.1) is 13.2 Å². The van der Waals surface area contributed by atoms with Crippen molar-refractivity contribution >= 4 is 28.7 Å². The van der Waals surface area contributed by atoms with Crippen LogP contribution in [-0.4, -0.2) is 71.2 Å². The first-order valence-corrected chi connectivity index (χ1v) is 14.0. The molecule has 1 fully saturated rings. The normalized spacial score (nSPS) is 21.5. The number of amides is 1. The molecular weight excluding hydrogens is 559 g/mol. The first-order valence-electron chi connectivity index (χ1n) is 14.0. The summed E-state index contributed by atoms with van der Waals surface area (Å²) in [5.74, 6) is -1.53. The Hall–Kier alpha value is -3.88. The minimum atomic E-state index is -4.53. The number of esters is 1. The molecule has 1 aromatic carbocycles. The topological polar surface area (TPSA) is 157 Å². The highest BCUT2D eigenvalue weighted by molar-refractivity contribution is 5.89. The fourth-order valence-corrected chi connectivity index (χ4v) is 6.10. The number of piperidine rings is 1. The van der Waals surface area contributed by atoms with E-state index in [1.165, 1.54) is 12.3 Å². The first kappa shape index (κ1) is 31.1. The molecule has 0 spiro atoms. The monoisotopic (exact) mass is 595 g/mol. The fourth-order valence-electron chi connectivity index (χ4n) is 6.10. The molecule has 1 saturated heterocycles. The quantitative estimate of drug-likeness (QED) is 0.0894. The van der Waals surface area contributed by atoms with Crippen molar-refractivity contribution in [3.05, 3.63) is 45.6 Å². The molecular formula is C27H36F3N7O5. The molecule has 1 amide bonds. The van der Waals surface area contributed by atoms with Gasteiger partial charge in [-0.05, 0) is 56.3 Å². The predicted molar refractivity (Wildman–Crippen MR) is 148 cm³/mol. The maximum absolute atomic E-state index is 13.7. The maximum atomic E-state index is 13.7. The minimum Gasteiger partial charge on any atom is -0.463 e. The van der Waals surface area contributed by atoms with Crippen molar-refractivity contribution in [1.29, 1.82) is 0 Å². The zero-order chi connectivity index (χ0) is 30.6. The summed E-state index contributed by atoms with van der Waals surface area (Å²) in [4.78, 5) is 41.9. The molecule has 1 aliphatic carbocycles. The van der Waals surface area contributed by atoms with E-state index in [9.17, 15) is 32.9 Å². The number of alkyl halides is 3. The number of likely N-dealkylation sites (N-methyl/N-ethyl adjacent to an activating group) is 1. The Balaban J connectivity index is 1.47. The Morgan fingerprint density at radius 2 is 2.10 bits per heavy atom. The van der Waals surface area contributed by atoms with Gasteiger partial charge in [0.1, 0.15) is 6.61 Å². The summed E-state index contributed by atoms with van der Waals surface area (Å²) in [7, 11) is 1.88. The standard InChI is InChI=1S/C27H36F3N7O5/c1-3-6-23(38)42-15-18(7-5-10-32-26(31)34-37(40)41)33-25(39)17-11-20-19-8-4-9-21-24(19)16(12-22(20)35(2)13-17)14-36(21)27(28,29)30/h4,8-9,14,17-18,20,22H,3,5-7,10-13,15H2,1-2H3,(H,33,39)(H3,31,32,34)/t17-,18?,20-,22-/m1/s1. The number of rotatable bonds is 11. The summed E-state index contributed by atoms with van der Waals surface area (Å²) in [5.41, 5.74) is 8.79. The van der Waals surface area contributed by atoms with Gasteiger partial charge in [-0.3, -0.25) is 14.2 Å². The smallest absolute Gasteiger partial charge is 0.463 e. The number of aromatic nitrogens is 1. The Morgan fingerprint density at radius 1 is 1.33 bits per heavy atom. The van der Waals surface area contributed by atoms with Gasteiger partial charge in [-0.25, -0.2) is 15.1 Å². The highest BCUT2D eigenvalue weighted by Gasteiger charge is 2.43. The van der Waals surface area contributed by atoms with E-state index in [1.807, 2.05) is 24.9 Å². The summed E-state index contributed by atoms with van der Waals surface area (Å²) >= 11 is 0. The number of hydrogen-bond acceptors (Lipinski definition) is 7. The predicted octanol–water partition coefficient (Wildman–Crippen LogP) is 2.78. The van der Waals surface area contributed by atoms with Crippen LogP contribution < -0.4 is 16.5 Å². The molecule has 2 aliphatic rings. The molecule has 4 N–H and O–H groups in total. The number of benzene rings is 1. The number of guanidine groups is 1. The number of nitrogens with one attached hydrogen (secondary N) is 2. The van der Waals surface area contributed by atoms with E-state index in [0.717, 1.165) is 5.56 Å². The van der Waals surface area contributed by atoms with Gasteiger partial charge in [0.05, 0.1) is 17.5 Å². The van der Waals surface area contributed by atoms with Crippen LogP contribution in [0.2, 0.25) is 0 Å². The van der Waals surface area contributed by atoms with E-state index in [2.05, 4.69) is 10.3 Å². The number of hydrazine groups is 1. The summed E-state index contributed by atoms with van der Waals surface area (Å²) < 4.78 is 46.9. The van der Waals surface area contributed by atoms with E-state index >= 15 is 0 Å². The summed E-state index contributed by atoms with van der Waals surface area (Å²) in [6, 6.07) is 4.39. The van der Waals surface area contributed by atoms with Crippen molar-refractivity contribution < 1.29 is 32.5 Å². The van der Waals surface area contributed by atoms with Crippen LogP contribution in [0, 0.1) is 16.0 Å². The van der Waals surface area contributed by atoms with Crippen LogP contribution >= 0.6 is 0 Å². The first-order chi connectivity index (χ1) is 19.9. The van der Waals surface area contributed by atoms with Gasteiger partial charge < -0.3 is 20.7 Å². The van der Waals surface area contributed by atoms with Crippen molar-refractivity contribution in [2.75, 3.05) is 26.7 Å². The number of nitro groups is 1. The zero-order valence-electron chi connectivity index (χ0n) is 23.5. The van der Waals surface area contributed by atoms with Crippen molar-refractivity contribution in [3.8, 4) is 0 Å². The van der Waals surface area contributed by atoms with Gasteiger partial charge in [0.25, 0.3) is 5.96 Å². The Labute approximate surface area is 240 Å². The molecule has 15 heteroatoms. The van der Waals surface area contributed by atoms with Gasteiger partial charge in [0.15, 0.2) is 5.03 Å². The van der Waals surface area contributed by atoms with Crippen LogP contribution in [0.25, 0.3) is 10.9 Å². The van der Waals surface area contributed by atoms with E-state index in [0.29, 0.717) is 54.2 Å². The maximum Gasteiger partial charge on any atom is 0.488 e.